The van der Waals surface area contributed by atoms with Crippen LogP contribution in [-0.4, -0.2) is 41.3 Å². The van der Waals surface area contributed by atoms with Gasteiger partial charge in [-0.1, -0.05) is 48.2 Å². The number of amides is 1. The van der Waals surface area contributed by atoms with Crippen LogP contribution < -0.4 is 4.90 Å². The third kappa shape index (κ3) is 5.41. The van der Waals surface area contributed by atoms with E-state index in [2.05, 4.69) is 9.97 Å². The number of thioether (sulfide) groups is 1. The van der Waals surface area contributed by atoms with Crippen molar-refractivity contribution in [3.05, 3.63) is 59.4 Å². The second-order valence-corrected chi connectivity index (χ2v) is 7.93. The summed E-state index contributed by atoms with van der Waals surface area (Å²) in [5.41, 5.74) is 3.51. The van der Waals surface area contributed by atoms with E-state index in [9.17, 15) is 9.59 Å². The van der Waals surface area contributed by atoms with E-state index in [4.69, 9.17) is 4.74 Å². The zero-order chi connectivity index (χ0) is 22.4. The molecule has 0 saturated carbocycles. The van der Waals surface area contributed by atoms with Crippen molar-refractivity contribution < 1.29 is 14.3 Å². The summed E-state index contributed by atoms with van der Waals surface area (Å²) in [5.74, 6) is -0.651. The van der Waals surface area contributed by atoms with Crippen LogP contribution in [-0.2, 0) is 20.7 Å². The van der Waals surface area contributed by atoms with E-state index >= 15 is 0 Å². The Bertz CT molecular complexity index is 1070. The smallest absolute Gasteiger partial charge is 0.306 e. The lowest BCUT2D eigenvalue weighted by Crippen LogP contribution is -2.34. The summed E-state index contributed by atoms with van der Waals surface area (Å²) in [6, 6.07) is 13.8. The van der Waals surface area contributed by atoms with Gasteiger partial charge < -0.3 is 9.64 Å². The van der Waals surface area contributed by atoms with Gasteiger partial charge in [-0.3, -0.25) is 9.59 Å². The number of hydrogen-bond donors (Lipinski definition) is 0. The highest BCUT2D eigenvalue weighted by Gasteiger charge is 2.18. The molecule has 3 rings (SSSR count). The number of anilines is 1. The molecule has 2 aromatic carbocycles. The molecule has 0 saturated heterocycles. The number of fused-ring (bicyclic) bond motifs is 1. The first kappa shape index (κ1) is 22.7. The van der Waals surface area contributed by atoms with Gasteiger partial charge in [-0.25, -0.2) is 9.97 Å². The van der Waals surface area contributed by atoms with E-state index in [0.29, 0.717) is 13.0 Å². The standard InChI is InChI=1S/C24H27N3O3S/c1-5-27(21-12-8-10-18-9-6-7-11-20(18)21)22(28)15-30-23(29)14-13-19-16(2)25-24(31-4)26-17(19)3/h6-12H,5,13-15H2,1-4H3. The Morgan fingerprint density at radius 1 is 1.03 bits per heavy atom. The van der Waals surface area contributed by atoms with Crippen molar-refractivity contribution >= 4 is 40.1 Å². The number of aromatic nitrogens is 2. The zero-order valence-corrected chi connectivity index (χ0v) is 19.2. The zero-order valence-electron chi connectivity index (χ0n) is 18.3. The number of hydrogen-bond acceptors (Lipinski definition) is 6. The molecule has 0 spiro atoms. The first-order valence-electron chi connectivity index (χ1n) is 10.3. The molecule has 6 nitrogen and oxygen atoms in total. The second-order valence-electron chi connectivity index (χ2n) is 7.16. The van der Waals surface area contributed by atoms with Crippen LogP contribution in [0.15, 0.2) is 47.6 Å². The van der Waals surface area contributed by atoms with Crippen molar-refractivity contribution in [2.45, 2.75) is 38.8 Å². The first-order chi connectivity index (χ1) is 14.9. The molecule has 0 unspecified atom stereocenters. The molecule has 0 aliphatic rings. The number of esters is 1. The highest BCUT2D eigenvalue weighted by atomic mass is 32.2. The third-order valence-corrected chi connectivity index (χ3v) is 5.74. The largest absolute Gasteiger partial charge is 0.456 e. The minimum atomic E-state index is -0.407. The van der Waals surface area contributed by atoms with Crippen molar-refractivity contribution in [1.29, 1.82) is 0 Å². The van der Waals surface area contributed by atoms with Gasteiger partial charge in [0.05, 0.1) is 5.69 Å². The molecular formula is C24H27N3O3S. The summed E-state index contributed by atoms with van der Waals surface area (Å²) in [4.78, 5) is 35.6. The predicted molar refractivity (Wildman–Crippen MR) is 125 cm³/mol. The quantitative estimate of drug-likeness (QED) is 0.294. The molecule has 0 bridgehead atoms. The van der Waals surface area contributed by atoms with Crippen LogP contribution in [0.4, 0.5) is 5.69 Å². The minimum Gasteiger partial charge on any atom is -0.456 e. The molecule has 0 atom stereocenters. The maximum absolute atomic E-state index is 12.8. The SMILES string of the molecule is CCN(C(=O)COC(=O)CCc1c(C)nc(SC)nc1C)c1cccc2ccccc12. The van der Waals surface area contributed by atoms with Gasteiger partial charge >= 0.3 is 5.97 Å². The number of rotatable bonds is 8. The Hall–Kier alpha value is -2.93. The Balaban J connectivity index is 1.61. The van der Waals surface area contributed by atoms with Crippen LogP contribution in [0.3, 0.4) is 0 Å². The third-order valence-electron chi connectivity index (χ3n) is 5.19. The molecule has 1 amide bonds. The molecule has 31 heavy (non-hydrogen) atoms. The lowest BCUT2D eigenvalue weighted by Gasteiger charge is -2.22. The van der Waals surface area contributed by atoms with Gasteiger partial charge in [0.25, 0.3) is 5.91 Å². The molecular weight excluding hydrogens is 410 g/mol. The number of benzene rings is 2. The molecule has 0 aliphatic heterocycles. The average Bonchev–Trinajstić information content (AvgIpc) is 2.77. The Labute approximate surface area is 187 Å². The van der Waals surface area contributed by atoms with Gasteiger partial charge in [0, 0.05) is 29.7 Å². The fraction of sp³-hybridized carbons (Fsp3) is 0.333. The van der Waals surface area contributed by atoms with E-state index in [-0.39, 0.29) is 18.9 Å². The van der Waals surface area contributed by atoms with Crippen molar-refractivity contribution in [1.82, 2.24) is 9.97 Å². The summed E-state index contributed by atoms with van der Waals surface area (Å²) in [6.45, 7) is 5.95. The molecule has 162 valence electrons. The molecule has 7 heteroatoms. The van der Waals surface area contributed by atoms with E-state index in [1.165, 1.54) is 11.8 Å². The number of ether oxygens (including phenoxy) is 1. The number of carbonyl (C=O) groups is 2. The maximum atomic E-state index is 12.8. The predicted octanol–water partition coefficient (Wildman–Crippen LogP) is 4.50. The van der Waals surface area contributed by atoms with Crippen molar-refractivity contribution in [2.24, 2.45) is 0 Å². The van der Waals surface area contributed by atoms with Crippen molar-refractivity contribution in [3.8, 4) is 0 Å². The van der Waals surface area contributed by atoms with E-state index in [0.717, 1.165) is 38.6 Å². The van der Waals surface area contributed by atoms with Crippen LogP contribution in [0.5, 0.6) is 0 Å². The number of nitrogens with zero attached hydrogens (tertiary/aromatic N) is 3. The fourth-order valence-corrected chi connectivity index (χ4v) is 4.06. The number of aryl methyl sites for hydroxylation is 2. The minimum absolute atomic E-state index is 0.178. The Kier molecular flexibility index (Phi) is 7.63. The van der Waals surface area contributed by atoms with Crippen LogP contribution in [0.1, 0.15) is 30.3 Å². The lowest BCUT2D eigenvalue weighted by atomic mass is 10.1. The van der Waals surface area contributed by atoms with E-state index < -0.39 is 5.97 Å². The Morgan fingerprint density at radius 3 is 2.39 bits per heavy atom. The van der Waals surface area contributed by atoms with Crippen molar-refractivity contribution in [2.75, 3.05) is 24.3 Å². The normalized spacial score (nSPS) is 10.8. The van der Waals surface area contributed by atoms with Gasteiger partial charge in [-0.2, -0.15) is 0 Å². The number of carbonyl (C=O) groups excluding carboxylic acids is 2. The molecule has 0 N–H and O–H groups in total. The summed E-state index contributed by atoms with van der Waals surface area (Å²) in [7, 11) is 0. The summed E-state index contributed by atoms with van der Waals surface area (Å²) in [5, 5.41) is 2.77. The lowest BCUT2D eigenvalue weighted by molar-refractivity contribution is -0.147. The summed E-state index contributed by atoms with van der Waals surface area (Å²) < 4.78 is 5.29. The second kappa shape index (κ2) is 10.4. The average molecular weight is 438 g/mol. The molecule has 0 radical (unpaired) electrons. The van der Waals surface area contributed by atoms with Crippen LogP contribution >= 0.6 is 11.8 Å². The molecule has 3 aromatic rings. The first-order valence-corrected chi connectivity index (χ1v) is 11.5. The van der Waals surface area contributed by atoms with Crippen LogP contribution in [0, 0.1) is 13.8 Å². The highest BCUT2D eigenvalue weighted by molar-refractivity contribution is 7.98. The van der Waals surface area contributed by atoms with E-state index in [1.54, 1.807) is 4.90 Å². The van der Waals surface area contributed by atoms with Crippen molar-refractivity contribution in [3.63, 3.8) is 0 Å². The molecule has 0 fully saturated rings. The topological polar surface area (TPSA) is 72.4 Å². The fourth-order valence-electron chi connectivity index (χ4n) is 3.61. The summed E-state index contributed by atoms with van der Waals surface area (Å²) >= 11 is 1.49. The van der Waals surface area contributed by atoms with Gasteiger partial charge in [0.2, 0.25) is 0 Å². The maximum Gasteiger partial charge on any atom is 0.306 e. The monoisotopic (exact) mass is 437 g/mol. The van der Waals surface area contributed by atoms with Crippen LogP contribution in [0.2, 0.25) is 0 Å². The Morgan fingerprint density at radius 2 is 1.71 bits per heavy atom. The van der Waals surface area contributed by atoms with Gasteiger partial charge in [0.15, 0.2) is 11.8 Å². The molecule has 1 aromatic heterocycles. The molecule has 0 aliphatic carbocycles. The van der Waals surface area contributed by atoms with Gasteiger partial charge in [-0.05, 0) is 50.5 Å². The van der Waals surface area contributed by atoms with Gasteiger partial charge in [0.1, 0.15) is 0 Å². The number of likely N-dealkylation sites (N-methyl/N-ethyl adjacent to an activating group) is 1. The van der Waals surface area contributed by atoms with Gasteiger partial charge in [-0.15, -0.1) is 0 Å². The van der Waals surface area contributed by atoms with Crippen LogP contribution in [0.25, 0.3) is 10.8 Å². The highest BCUT2D eigenvalue weighted by Crippen LogP contribution is 2.26. The molecule has 1 heterocycles. The van der Waals surface area contributed by atoms with E-state index in [1.807, 2.05) is 69.5 Å². The summed E-state index contributed by atoms with van der Waals surface area (Å²) in [6.07, 6.45) is 2.59.